The Labute approximate surface area is 111 Å². The van der Waals surface area contributed by atoms with Crippen molar-refractivity contribution in [1.29, 1.82) is 0 Å². The van der Waals surface area contributed by atoms with Gasteiger partial charge < -0.3 is 9.64 Å². The summed E-state index contributed by atoms with van der Waals surface area (Å²) in [5.41, 5.74) is 0.992. The van der Waals surface area contributed by atoms with Crippen molar-refractivity contribution in [3.05, 3.63) is 48.1 Å². The number of fused-ring (bicyclic) bond motifs is 1. The molecular weight excluding hydrogens is 250 g/mol. The molecule has 18 heavy (non-hydrogen) atoms. The maximum Gasteiger partial charge on any atom is 0.224 e. The molecule has 1 aromatic rings. The Morgan fingerprint density at radius 2 is 2.44 bits per heavy atom. The first-order chi connectivity index (χ1) is 8.76. The molecule has 4 nitrogen and oxygen atoms in total. The van der Waals surface area contributed by atoms with Crippen LogP contribution in [0.4, 0.5) is 5.82 Å². The van der Waals surface area contributed by atoms with Crippen LogP contribution in [0.5, 0.6) is 5.75 Å². The van der Waals surface area contributed by atoms with Crippen LogP contribution in [0.2, 0.25) is 5.28 Å². The van der Waals surface area contributed by atoms with Gasteiger partial charge in [-0.05, 0) is 30.7 Å². The van der Waals surface area contributed by atoms with Gasteiger partial charge in [-0.25, -0.2) is 4.98 Å². The zero-order chi connectivity index (χ0) is 13.0. The maximum absolute atomic E-state index is 5.84. The quantitative estimate of drug-likeness (QED) is 0.621. The summed E-state index contributed by atoms with van der Waals surface area (Å²) in [4.78, 5) is 10.2. The molecule has 1 aliphatic heterocycles. The first-order valence-corrected chi connectivity index (χ1v) is 6.02. The number of ether oxygens (including phenoxy) is 1. The predicted octanol–water partition coefficient (Wildman–Crippen LogP) is 2.97. The molecule has 0 atom stereocenters. The molecule has 0 radical (unpaired) electrons. The van der Waals surface area contributed by atoms with Crippen molar-refractivity contribution in [2.75, 3.05) is 18.1 Å². The summed E-state index contributed by atoms with van der Waals surface area (Å²) in [6.45, 7) is 6.99. The minimum Gasteiger partial charge on any atom is -0.486 e. The van der Waals surface area contributed by atoms with Gasteiger partial charge in [0, 0.05) is 5.70 Å². The lowest BCUT2D eigenvalue weighted by Gasteiger charge is -2.30. The van der Waals surface area contributed by atoms with Gasteiger partial charge in [-0.15, -0.1) is 0 Å². The fourth-order valence-electron chi connectivity index (χ4n) is 1.77. The van der Waals surface area contributed by atoms with Crippen LogP contribution in [0.15, 0.2) is 42.8 Å². The van der Waals surface area contributed by atoms with Crippen LogP contribution in [0.3, 0.4) is 0 Å². The Hall–Kier alpha value is -1.81. The summed E-state index contributed by atoms with van der Waals surface area (Å²) < 4.78 is 5.51. The zero-order valence-corrected chi connectivity index (χ0v) is 10.9. The van der Waals surface area contributed by atoms with Crippen LogP contribution in [0.1, 0.15) is 6.92 Å². The number of aromatic nitrogens is 2. The van der Waals surface area contributed by atoms with Gasteiger partial charge in [0.15, 0.2) is 11.6 Å². The van der Waals surface area contributed by atoms with Crippen LogP contribution in [-0.2, 0) is 0 Å². The first kappa shape index (κ1) is 12.6. The third-order valence-electron chi connectivity index (χ3n) is 2.47. The Morgan fingerprint density at radius 1 is 1.61 bits per heavy atom. The van der Waals surface area contributed by atoms with E-state index in [9.17, 15) is 0 Å². The van der Waals surface area contributed by atoms with Crippen molar-refractivity contribution >= 4 is 17.4 Å². The third-order valence-corrected chi connectivity index (χ3v) is 2.65. The lowest BCUT2D eigenvalue weighted by molar-refractivity contribution is 0.308. The molecule has 0 saturated carbocycles. The summed E-state index contributed by atoms with van der Waals surface area (Å²) in [5, 5.41) is 0.211. The summed E-state index contributed by atoms with van der Waals surface area (Å²) >= 11 is 5.84. The topological polar surface area (TPSA) is 38.2 Å². The normalized spacial score (nSPS) is 15.4. The number of nitrogens with zero attached hydrogens (tertiary/aromatic N) is 3. The van der Waals surface area contributed by atoms with Crippen molar-refractivity contribution in [3.63, 3.8) is 0 Å². The minimum absolute atomic E-state index is 0.211. The van der Waals surface area contributed by atoms with Crippen molar-refractivity contribution in [2.24, 2.45) is 0 Å². The SMILES string of the molecule is C=C/C=C(\C=C/C)N1CCOc2cnc(Cl)nc21. The number of hydrogen-bond acceptors (Lipinski definition) is 4. The molecule has 0 bridgehead atoms. The average Bonchev–Trinajstić information content (AvgIpc) is 2.38. The number of hydrogen-bond donors (Lipinski definition) is 0. The molecule has 1 aromatic heterocycles. The van der Waals surface area contributed by atoms with Gasteiger partial charge in [0.25, 0.3) is 0 Å². The molecule has 5 heteroatoms. The second kappa shape index (κ2) is 5.69. The molecule has 2 rings (SSSR count). The highest BCUT2D eigenvalue weighted by Crippen LogP contribution is 2.32. The van der Waals surface area contributed by atoms with Gasteiger partial charge >= 0.3 is 0 Å². The second-order valence-corrected chi connectivity index (χ2v) is 3.99. The number of allylic oxidation sites excluding steroid dienone is 4. The van der Waals surface area contributed by atoms with Gasteiger partial charge in [-0.3, -0.25) is 0 Å². The molecule has 94 valence electrons. The highest BCUT2D eigenvalue weighted by Gasteiger charge is 2.22. The van der Waals surface area contributed by atoms with Gasteiger partial charge in [-0.1, -0.05) is 18.7 Å². The fraction of sp³-hybridized carbons (Fsp3) is 0.231. The molecule has 0 amide bonds. The van der Waals surface area contributed by atoms with Crippen LogP contribution in [-0.4, -0.2) is 23.1 Å². The van der Waals surface area contributed by atoms with E-state index in [1.807, 2.05) is 30.1 Å². The van der Waals surface area contributed by atoms with Gasteiger partial charge in [-0.2, -0.15) is 4.98 Å². The monoisotopic (exact) mass is 263 g/mol. The van der Waals surface area contributed by atoms with E-state index in [4.69, 9.17) is 16.3 Å². The third kappa shape index (κ3) is 2.54. The molecular formula is C13H14ClN3O. The van der Waals surface area contributed by atoms with E-state index in [-0.39, 0.29) is 5.28 Å². The smallest absolute Gasteiger partial charge is 0.224 e. The molecule has 0 spiro atoms. The zero-order valence-electron chi connectivity index (χ0n) is 10.1. The van der Waals surface area contributed by atoms with E-state index in [0.29, 0.717) is 24.7 Å². The highest BCUT2D eigenvalue weighted by molar-refractivity contribution is 6.28. The summed E-state index contributed by atoms with van der Waals surface area (Å²) in [7, 11) is 0. The van der Waals surface area contributed by atoms with Gasteiger partial charge in [0.1, 0.15) is 6.61 Å². The first-order valence-electron chi connectivity index (χ1n) is 5.64. The molecule has 0 aliphatic carbocycles. The van der Waals surface area contributed by atoms with Crippen molar-refractivity contribution in [1.82, 2.24) is 9.97 Å². The molecule has 2 heterocycles. The van der Waals surface area contributed by atoms with Crippen molar-refractivity contribution < 1.29 is 4.74 Å². The van der Waals surface area contributed by atoms with Crippen LogP contribution in [0.25, 0.3) is 0 Å². The molecule has 0 aromatic carbocycles. The van der Waals surface area contributed by atoms with Crippen LogP contribution in [0, 0.1) is 0 Å². The predicted molar refractivity (Wildman–Crippen MR) is 73.0 cm³/mol. The number of anilines is 1. The summed E-state index contributed by atoms with van der Waals surface area (Å²) in [5.74, 6) is 1.33. The molecule has 0 unspecified atom stereocenters. The Kier molecular flexibility index (Phi) is 3.99. The molecule has 0 N–H and O–H groups in total. The van der Waals surface area contributed by atoms with E-state index >= 15 is 0 Å². The van der Waals surface area contributed by atoms with Crippen molar-refractivity contribution in [2.45, 2.75) is 6.92 Å². The largest absolute Gasteiger partial charge is 0.486 e. The Morgan fingerprint density at radius 3 is 3.17 bits per heavy atom. The van der Waals surface area contributed by atoms with Crippen molar-refractivity contribution in [3.8, 4) is 5.75 Å². The van der Waals surface area contributed by atoms with Crippen LogP contribution < -0.4 is 9.64 Å². The average molecular weight is 264 g/mol. The number of halogens is 1. The molecule has 0 saturated heterocycles. The van der Waals surface area contributed by atoms with E-state index in [0.717, 1.165) is 5.70 Å². The standard InChI is InChI=1S/C13H14ClN3O/c1-3-5-10(6-4-2)17-7-8-18-11-9-15-13(14)16-12(11)17/h3-6,9H,1,7-8H2,2H3/b6-4-,10-5+. The Bertz CT molecular complexity index is 511. The number of rotatable bonds is 3. The highest BCUT2D eigenvalue weighted by atomic mass is 35.5. The fourth-order valence-corrected chi connectivity index (χ4v) is 1.90. The molecule has 1 aliphatic rings. The second-order valence-electron chi connectivity index (χ2n) is 3.65. The van der Waals surface area contributed by atoms with Gasteiger partial charge in [0.05, 0.1) is 12.7 Å². The molecule has 0 fully saturated rings. The maximum atomic E-state index is 5.84. The van der Waals surface area contributed by atoms with E-state index in [2.05, 4.69) is 16.5 Å². The summed E-state index contributed by atoms with van der Waals surface area (Å²) in [6.07, 6.45) is 9.22. The van der Waals surface area contributed by atoms with E-state index in [1.165, 1.54) is 0 Å². The Balaban J connectivity index is 2.45. The minimum atomic E-state index is 0.211. The lowest BCUT2D eigenvalue weighted by atomic mass is 10.2. The lowest BCUT2D eigenvalue weighted by Crippen LogP contribution is -2.32. The van der Waals surface area contributed by atoms with Crippen LogP contribution >= 0.6 is 11.6 Å². The summed E-state index contributed by atoms with van der Waals surface area (Å²) in [6, 6.07) is 0. The van der Waals surface area contributed by atoms with Gasteiger partial charge in [0.2, 0.25) is 5.28 Å². The van der Waals surface area contributed by atoms with E-state index in [1.54, 1.807) is 12.3 Å². The van der Waals surface area contributed by atoms with E-state index < -0.39 is 0 Å².